The highest BCUT2D eigenvalue weighted by atomic mass is 32.2. The predicted molar refractivity (Wildman–Crippen MR) is 156 cm³/mol. The Bertz CT molecular complexity index is 1730. The van der Waals surface area contributed by atoms with Gasteiger partial charge >= 0.3 is 0 Å². The van der Waals surface area contributed by atoms with Gasteiger partial charge in [0.15, 0.2) is 5.11 Å². The van der Waals surface area contributed by atoms with Crippen LogP contribution in [0.4, 0.5) is 11.4 Å². The lowest BCUT2D eigenvalue weighted by atomic mass is 10.0. The van der Waals surface area contributed by atoms with E-state index >= 15 is 0 Å². The van der Waals surface area contributed by atoms with Crippen LogP contribution in [0.1, 0.15) is 23.5 Å². The van der Waals surface area contributed by atoms with E-state index in [0.29, 0.717) is 10.8 Å². The molecule has 0 saturated carbocycles. The molecule has 2 N–H and O–H groups in total. The highest BCUT2D eigenvalue weighted by Gasteiger charge is 2.42. The van der Waals surface area contributed by atoms with Crippen LogP contribution in [0.3, 0.4) is 0 Å². The van der Waals surface area contributed by atoms with Gasteiger partial charge in [-0.2, -0.15) is 0 Å². The molecule has 2 atom stereocenters. The molecule has 1 saturated heterocycles. The SMILES string of the molecule is CS(=O)(=O)Nc1ccc(N2C(=S)N[C@H](c3ccccn3)[C@@H]2c2cccn2-c2ccc3ccccc3c2)cc1. The third-order valence-electron chi connectivity index (χ3n) is 6.64. The quantitative estimate of drug-likeness (QED) is 0.275. The van der Waals surface area contributed by atoms with Crippen LogP contribution in [0.2, 0.25) is 0 Å². The molecule has 0 bridgehead atoms. The van der Waals surface area contributed by atoms with Crippen molar-refractivity contribution < 1.29 is 8.42 Å². The van der Waals surface area contributed by atoms with Crippen molar-refractivity contribution in [2.45, 2.75) is 12.1 Å². The lowest BCUT2D eigenvalue weighted by Gasteiger charge is -2.29. The Morgan fingerprint density at radius 1 is 0.868 bits per heavy atom. The van der Waals surface area contributed by atoms with Crippen molar-refractivity contribution in [1.82, 2.24) is 14.9 Å². The van der Waals surface area contributed by atoms with Crippen LogP contribution in [0.15, 0.2) is 109 Å². The lowest BCUT2D eigenvalue weighted by molar-refractivity contribution is 0.549. The standard InChI is InChI=1S/C29H25N5O2S2/c1-38(35,36)32-22-12-15-23(16-13-22)34-28(27(31-29(34)37)25-9-4-5-17-30-25)26-10-6-18-33(26)24-14-11-20-7-2-3-8-21(20)19-24/h2-19,27-28,32H,1H3,(H,31,37)/t27-,28+/m1/s1. The van der Waals surface area contributed by atoms with Crippen molar-refractivity contribution in [3.05, 3.63) is 121 Å². The number of hydrogen-bond donors (Lipinski definition) is 2. The van der Waals surface area contributed by atoms with E-state index in [1.165, 1.54) is 5.39 Å². The van der Waals surface area contributed by atoms with Crippen LogP contribution in [0.5, 0.6) is 0 Å². The third kappa shape index (κ3) is 4.62. The number of nitrogens with zero attached hydrogens (tertiary/aromatic N) is 3. The summed E-state index contributed by atoms with van der Waals surface area (Å²) >= 11 is 5.86. The summed E-state index contributed by atoms with van der Waals surface area (Å²) in [5, 5.41) is 6.41. The molecule has 0 unspecified atom stereocenters. The molecule has 1 fully saturated rings. The topological polar surface area (TPSA) is 79.3 Å². The van der Waals surface area contributed by atoms with Crippen LogP contribution in [0, 0.1) is 0 Å². The second-order valence-electron chi connectivity index (χ2n) is 9.25. The maximum Gasteiger partial charge on any atom is 0.229 e. The van der Waals surface area contributed by atoms with Gasteiger partial charge in [-0.15, -0.1) is 0 Å². The molecule has 7 nitrogen and oxygen atoms in total. The molecule has 3 aromatic carbocycles. The number of aromatic nitrogens is 2. The zero-order chi connectivity index (χ0) is 26.3. The van der Waals surface area contributed by atoms with E-state index in [4.69, 9.17) is 12.2 Å². The molecule has 1 aliphatic heterocycles. The van der Waals surface area contributed by atoms with E-state index in [-0.39, 0.29) is 12.1 Å². The second kappa shape index (κ2) is 9.59. The van der Waals surface area contributed by atoms with Gasteiger partial charge in [0.05, 0.1) is 18.0 Å². The van der Waals surface area contributed by atoms with Crippen molar-refractivity contribution in [1.29, 1.82) is 0 Å². The number of sulfonamides is 1. The third-order valence-corrected chi connectivity index (χ3v) is 7.56. The Hall–Kier alpha value is -4.21. The molecule has 9 heteroatoms. The van der Waals surface area contributed by atoms with Gasteiger partial charge in [0.25, 0.3) is 0 Å². The normalized spacial score (nSPS) is 17.5. The molecule has 190 valence electrons. The first kappa shape index (κ1) is 24.1. The minimum Gasteiger partial charge on any atom is -0.351 e. The molecule has 2 aromatic heterocycles. The summed E-state index contributed by atoms with van der Waals surface area (Å²) in [6, 6.07) is 31.6. The molecule has 0 spiro atoms. The number of anilines is 2. The monoisotopic (exact) mass is 539 g/mol. The smallest absolute Gasteiger partial charge is 0.229 e. The average molecular weight is 540 g/mol. The molecule has 0 amide bonds. The lowest BCUT2D eigenvalue weighted by Crippen LogP contribution is -2.30. The van der Waals surface area contributed by atoms with Gasteiger partial charge in [-0.05, 0) is 83.7 Å². The number of rotatable bonds is 6. The van der Waals surface area contributed by atoms with Crippen molar-refractivity contribution in [3.8, 4) is 5.69 Å². The Morgan fingerprint density at radius 3 is 2.34 bits per heavy atom. The number of hydrogen-bond acceptors (Lipinski definition) is 4. The number of nitrogens with one attached hydrogen (secondary N) is 2. The van der Waals surface area contributed by atoms with Crippen LogP contribution in [-0.2, 0) is 10.0 Å². The fourth-order valence-electron chi connectivity index (χ4n) is 5.03. The van der Waals surface area contributed by atoms with E-state index in [2.05, 4.69) is 67.1 Å². The maximum atomic E-state index is 11.7. The zero-order valence-electron chi connectivity index (χ0n) is 20.5. The van der Waals surface area contributed by atoms with Gasteiger partial charge in [-0.25, -0.2) is 8.42 Å². The summed E-state index contributed by atoms with van der Waals surface area (Å²) in [5.41, 5.74) is 4.31. The fourth-order valence-corrected chi connectivity index (χ4v) is 5.94. The summed E-state index contributed by atoms with van der Waals surface area (Å²) in [6.45, 7) is 0. The van der Waals surface area contributed by atoms with E-state index < -0.39 is 10.0 Å². The van der Waals surface area contributed by atoms with Crippen LogP contribution in [0.25, 0.3) is 16.5 Å². The Morgan fingerprint density at radius 2 is 1.61 bits per heavy atom. The molecule has 6 rings (SSSR count). The minimum atomic E-state index is -3.38. The van der Waals surface area contributed by atoms with Gasteiger partial charge < -0.3 is 14.8 Å². The first-order valence-electron chi connectivity index (χ1n) is 12.1. The van der Waals surface area contributed by atoms with E-state index in [1.807, 2.05) is 48.5 Å². The largest absolute Gasteiger partial charge is 0.351 e. The molecule has 38 heavy (non-hydrogen) atoms. The van der Waals surface area contributed by atoms with Gasteiger partial charge in [-0.3, -0.25) is 9.71 Å². The summed E-state index contributed by atoms with van der Waals surface area (Å²) in [7, 11) is -3.38. The number of fused-ring (bicyclic) bond motifs is 1. The van der Waals surface area contributed by atoms with Crippen molar-refractivity contribution in [2.75, 3.05) is 15.9 Å². The molecule has 5 aromatic rings. The van der Waals surface area contributed by atoms with Crippen LogP contribution in [-0.4, -0.2) is 29.3 Å². The average Bonchev–Trinajstić information content (AvgIpc) is 3.53. The molecular weight excluding hydrogens is 514 g/mol. The minimum absolute atomic E-state index is 0.202. The van der Waals surface area contributed by atoms with Crippen LogP contribution >= 0.6 is 12.2 Å². The van der Waals surface area contributed by atoms with Crippen molar-refractivity contribution >= 4 is 49.5 Å². The van der Waals surface area contributed by atoms with Gasteiger partial charge in [0, 0.05) is 35.1 Å². The number of thiocarbonyl (C=S) groups is 1. The molecule has 0 radical (unpaired) electrons. The van der Waals surface area contributed by atoms with Gasteiger partial charge in [0.1, 0.15) is 6.04 Å². The summed E-state index contributed by atoms with van der Waals surface area (Å²) < 4.78 is 28.1. The Kier molecular flexibility index (Phi) is 6.09. The fraction of sp³-hybridized carbons (Fsp3) is 0.103. The highest BCUT2D eigenvalue weighted by Crippen LogP contribution is 2.42. The predicted octanol–water partition coefficient (Wildman–Crippen LogP) is 5.57. The number of pyridine rings is 1. The van der Waals surface area contributed by atoms with E-state index in [1.54, 1.807) is 18.3 Å². The second-order valence-corrected chi connectivity index (χ2v) is 11.4. The summed E-state index contributed by atoms with van der Waals surface area (Å²) in [6.07, 6.45) is 4.98. The highest BCUT2D eigenvalue weighted by molar-refractivity contribution is 7.92. The molecule has 3 heterocycles. The zero-order valence-corrected chi connectivity index (χ0v) is 22.2. The first-order chi connectivity index (χ1) is 18.4. The molecule has 1 aliphatic rings. The Balaban J connectivity index is 1.46. The van der Waals surface area contributed by atoms with Crippen molar-refractivity contribution in [2.24, 2.45) is 0 Å². The van der Waals surface area contributed by atoms with Gasteiger partial charge in [0.2, 0.25) is 10.0 Å². The van der Waals surface area contributed by atoms with E-state index in [9.17, 15) is 8.42 Å². The molecule has 0 aliphatic carbocycles. The summed E-state index contributed by atoms with van der Waals surface area (Å²) in [5.74, 6) is 0. The Labute approximate surface area is 226 Å². The van der Waals surface area contributed by atoms with E-state index in [0.717, 1.165) is 34.4 Å². The molecular formula is C29H25N5O2S2. The van der Waals surface area contributed by atoms with Crippen molar-refractivity contribution in [3.63, 3.8) is 0 Å². The first-order valence-corrected chi connectivity index (χ1v) is 14.4. The summed E-state index contributed by atoms with van der Waals surface area (Å²) in [4.78, 5) is 6.72. The van der Waals surface area contributed by atoms with Crippen LogP contribution < -0.4 is 14.9 Å². The van der Waals surface area contributed by atoms with Gasteiger partial charge in [-0.1, -0.05) is 36.4 Å². The maximum absolute atomic E-state index is 11.7. The number of benzene rings is 3.